The third kappa shape index (κ3) is 1.59. The quantitative estimate of drug-likeness (QED) is 0.695. The fourth-order valence-corrected chi connectivity index (χ4v) is 1.21. The van der Waals surface area contributed by atoms with Crippen LogP contribution < -0.4 is 0 Å². The van der Waals surface area contributed by atoms with Crippen molar-refractivity contribution < 1.29 is 0 Å². The molecule has 0 aliphatic heterocycles. The van der Waals surface area contributed by atoms with Gasteiger partial charge >= 0.3 is 0 Å². The summed E-state index contributed by atoms with van der Waals surface area (Å²) >= 11 is 0. The van der Waals surface area contributed by atoms with Gasteiger partial charge in [-0.05, 0) is 25.1 Å². The lowest BCUT2D eigenvalue weighted by Gasteiger charge is -1.94. The first-order valence-corrected chi connectivity index (χ1v) is 4.34. The van der Waals surface area contributed by atoms with Crippen LogP contribution in [-0.4, -0.2) is 14.8 Å². The molecule has 2 aromatic heterocycles. The predicted molar refractivity (Wildman–Crippen MR) is 51.1 cm³/mol. The van der Waals surface area contributed by atoms with Gasteiger partial charge in [0.2, 0.25) is 0 Å². The zero-order valence-corrected chi connectivity index (χ0v) is 7.51. The Morgan fingerprint density at radius 3 is 2.62 bits per heavy atom. The van der Waals surface area contributed by atoms with E-state index in [1.165, 1.54) is 0 Å². The smallest absolute Gasteiger partial charge is 0.0924 e. The van der Waals surface area contributed by atoms with Crippen molar-refractivity contribution in [3.63, 3.8) is 0 Å². The average molecular weight is 173 g/mol. The summed E-state index contributed by atoms with van der Waals surface area (Å²) in [6.07, 6.45) is 5.54. The number of hydrogen-bond donors (Lipinski definition) is 0. The van der Waals surface area contributed by atoms with Crippen LogP contribution in [0.1, 0.15) is 6.92 Å². The molecule has 0 atom stereocenters. The van der Waals surface area contributed by atoms with Crippen LogP contribution in [0.2, 0.25) is 0 Å². The van der Waals surface area contributed by atoms with Crippen molar-refractivity contribution in [2.24, 2.45) is 0 Å². The molecule has 0 aromatic carbocycles. The van der Waals surface area contributed by atoms with E-state index in [0.29, 0.717) is 0 Å². The second kappa shape index (κ2) is 3.39. The molecule has 0 spiro atoms. The first kappa shape index (κ1) is 7.98. The van der Waals surface area contributed by atoms with Crippen molar-refractivity contribution in [2.75, 3.05) is 0 Å². The van der Waals surface area contributed by atoms with Gasteiger partial charge in [0.05, 0.1) is 5.69 Å². The van der Waals surface area contributed by atoms with Crippen LogP contribution in [0.5, 0.6) is 0 Å². The minimum Gasteiger partial charge on any atom is -0.272 e. The van der Waals surface area contributed by atoms with Gasteiger partial charge in [0.1, 0.15) is 0 Å². The fourth-order valence-electron chi connectivity index (χ4n) is 1.21. The largest absolute Gasteiger partial charge is 0.272 e. The van der Waals surface area contributed by atoms with Gasteiger partial charge in [0.15, 0.2) is 0 Å². The molecule has 0 saturated heterocycles. The Morgan fingerprint density at radius 2 is 2.00 bits per heavy atom. The Balaban J connectivity index is 2.36. The lowest BCUT2D eigenvalue weighted by Crippen LogP contribution is -1.93. The van der Waals surface area contributed by atoms with Gasteiger partial charge in [-0.1, -0.05) is 0 Å². The summed E-state index contributed by atoms with van der Waals surface area (Å²) in [5.41, 5.74) is 2.12. The molecular formula is C10H11N3. The summed E-state index contributed by atoms with van der Waals surface area (Å²) in [6, 6.07) is 5.93. The SMILES string of the molecule is CCn1ccc(-c2ccncc2)n1. The molecular weight excluding hydrogens is 162 g/mol. The van der Waals surface area contributed by atoms with Gasteiger partial charge in [-0.15, -0.1) is 0 Å². The van der Waals surface area contributed by atoms with Crippen LogP contribution in [0.3, 0.4) is 0 Å². The summed E-state index contributed by atoms with van der Waals surface area (Å²) in [5.74, 6) is 0. The summed E-state index contributed by atoms with van der Waals surface area (Å²) in [6.45, 7) is 2.98. The van der Waals surface area contributed by atoms with Gasteiger partial charge in [0, 0.05) is 30.7 Å². The molecule has 2 rings (SSSR count). The van der Waals surface area contributed by atoms with Crippen molar-refractivity contribution in [3.05, 3.63) is 36.8 Å². The molecule has 0 saturated carbocycles. The second-order valence-corrected chi connectivity index (χ2v) is 2.79. The third-order valence-corrected chi connectivity index (χ3v) is 1.94. The van der Waals surface area contributed by atoms with Crippen LogP contribution in [0, 0.1) is 0 Å². The minimum atomic E-state index is 0.908. The first-order chi connectivity index (χ1) is 6.40. The van der Waals surface area contributed by atoms with Gasteiger partial charge in [-0.3, -0.25) is 9.67 Å². The van der Waals surface area contributed by atoms with Gasteiger partial charge < -0.3 is 0 Å². The molecule has 2 aromatic rings. The molecule has 13 heavy (non-hydrogen) atoms. The Bertz CT molecular complexity index is 378. The highest BCUT2D eigenvalue weighted by Crippen LogP contribution is 2.14. The van der Waals surface area contributed by atoms with Gasteiger partial charge in [-0.25, -0.2) is 0 Å². The molecule has 3 heteroatoms. The van der Waals surface area contributed by atoms with Crippen LogP contribution in [0.15, 0.2) is 36.8 Å². The summed E-state index contributed by atoms with van der Waals surface area (Å²) in [4.78, 5) is 3.96. The molecule has 0 aliphatic carbocycles. The standard InChI is InChI=1S/C10H11N3/c1-2-13-8-5-10(12-13)9-3-6-11-7-4-9/h3-8H,2H2,1H3. The maximum Gasteiger partial charge on any atom is 0.0924 e. The number of rotatable bonds is 2. The molecule has 0 radical (unpaired) electrons. The van der Waals surface area contributed by atoms with Crippen LogP contribution >= 0.6 is 0 Å². The highest BCUT2D eigenvalue weighted by Gasteiger charge is 1.99. The molecule has 0 unspecified atom stereocenters. The van der Waals surface area contributed by atoms with Gasteiger partial charge in [-0.2, -0.15) is 5.10 Å². The monoisotopic (exact) mass is 173 g/mol. The zero-order chi connectivity index (χ0) is 9.10. The summed E-state index contributed by atoms with van der Waals surface area (Å²) in [5, 5.41) is 4.39. The molecule has 66 valence electrons. The van der Waals surface area contributed by atoms with E-state index in [0.717, 1.165) is 17.8 Å². The minimum absolute atomic E-state index is 0.908. The van der Waals surface area contributed by atoms with E-state index in [2.05, 4.69) is 17.0 Å². The maximum absolute atomic E-state index is 4.39. The second-order valence-electron chi connectivity index (χ2n) is 2.79. The lowest BCUT2D eigenvalue weighted by molar-refractivity contribution is 0.662. The van der Waals surface area contributed by atoms with E-state index < -0.39 is 0 Å². The predicted octanol–water partition coefficient (Wildman–Crippen LogP) is 1.96. The van der Waals surface area contributed by atoms with Gasteiger partial charge in [0.25, 0.3) is 0 Å². The van der Waals surface area contributed by atoms with E-state index in [4.69, 9.17) is 0 Å². The Hall–Kier alpha value is -1.64. The number of aromatic nitrogens is 3. The Labute approximate surface area is 77.0 Å². The van der Waals surface area contributed by atoms with E-state index in [-0.39, 0.29) is 0 Å². The zero-order valence-electron chi connectivity index (χ0n) is 7.51. The maximum atomic E-state index is 4.39. The number of pyridine rings is 1. The van der Waals surface area contributed by atoms with Crippen molar-refractivity contribution in [3.8, 4) is 11.3 Å². The number of aryl methyl sites for hydroxylation is 1. The lowest BCUT2D eigenvalue weighted by atomic mass is 10.2. The highest BCUT2D eigenvalue weighted by molar-refractivity contribution is 5.57. The van der Waals surface area contributed by atoms with E-state index in [1.807, 2.05) is 29.1 Å². The highest BCUT2D eigenvalue weighted by atomic mass is 15.3. The van der Waals surface area contributed by atoms with Crippen LogP contribution in [0.25, 0.3) is 11.3 Å². The molecule has 0 bridgehead atoms. The van der Waals surface area contributed by atoms with E-state index in [9.17, 15) is 0 Å². The fraction of sp³-hybridized carbons (Fsp3) is 0.200. The van der Waals surface area contributed by atoms with Crippen molar-refractivity contribution >= 4 is 0 Å². The molecule has 2 heterocycles. The first-order valence-electron chi connectivity index (χ1n) is 4.34. The van der Waals surface area contributed by atoms with E-state index in [1.54, 1.807) is 12.4 Å². The Kier molecular flexibility index (Phi) is 2.08. The van der Waals surface area contributed by atoms with Crippen molar-refractivity contribution in [2.45, 2.75) is 13.5 Å². The van der Waals surface area contributed by atoms with Crippen LogP contribution in [0.4, 0.5) is 0 Å². The average Bonchev–Trinajstić information content (AvgIpc) is 2.67. The normalized spacial score (nSPS) is 10.2. The van der Waals surface area contributed by atoms with E-state index >= 15 is 0 Å². The number of hydrogen-bond acceptors (Lipinski definition) is 2. The topological polar surface area (TPSA) is 30.7 Å². The summed E-state index contributed by atoms with van der Waals surface area (Å²) < 4.78 is 1.91. The van der Waals surface area contributed by atoms with Crippen molar-refractivity contribution in [1.29, 1.82) is 0 Å². The number of nitrogens with zero attached hydrogens (tertiary/aromatic N) is 3. The van der Waals surface area contributed by atoms with Crippen LogP contribution in [-0.2, 0) is 6.54 Å². The van der Waals surface area contributed by atoms with Crippen molar-refractivity contribution in [1.82, 2.24) is 14.8 Å². The molecule has 0 fully saturated rings. The molecule has 0 N–H and O–H groups in total. The Morgan fingerprint density at radius 1 is 1.23 bits per heavy atom. The molecule has 3 nitrogen and oxygen atoms in total. The molecule has 0 amide bonds. The molecule has 0 aliphatic rings. The third-order valence-electron chi connectivity index (χ3n) is 1.94. The summed E-state index contributed by atoms with van der Waals surface area (Å²) in [7, 11) is 0.